The average molecular weight is 1180 g/mol. The summed E-state index contributed by atoms with van der Waals surface area (Å²) >= 11 is 0. The van der Waals surface area contributed by atoms with Crippen molar-refractivity contribution in [1.82, 2.24) is 67.2 Å². The number of nitrogens with zero attached hydrogens (tertiary/aromatic N) is 7. The zero-order valence-corrected chi connectivity index (χ0v) is 46.7. The van der Waals surface area contributed by atoms with Gasteiger partial charge in [0.05, 0.1) is 99.5 Å². The molecule has 0 unspecified atom stereocenters. The van der Waals surface area contributed by atoms with Gasteiger partial charge in [-0.05, 0) is 41.5 Å². The fourth-order valence-corrected chi connectivity index (χ4v) is 6.47. The van der Waals surface area contributed by atoms with Gasteiger partial charge in [0, 0.05) is 19.3 Å². The van der Waals surface area contributed by atoms with Crippen molar-refractivity contribution >= 4 is 88.8 Å². The molecule has 0 saturated carbocycles. The summed E-state index contributed by atoms with van der Waals surface area (Å²) in [5.41, 5.74) is 0. The van der Waals surface area contributed by atoms with Crippen LogP contribution in [0.25, 0.3) is 0 Å². The number of amides is 12. The predicted molar refractivity (Wildman–Crippen MR) is 267 cm³/mol. The van der Waals surface area contributed by atoms with Gasteiger partial charge in [-0.3, -0.25) is 108 Å². The smallest absolute Gasteiger partial charge is 0.307 e. The SMILES string of the molecule is COC(=O)CCN(O)C(=O)[C@H](C)NC(=O)CCN(O)C(=O)[C@H](C)NC(=O)CN(CC(=O)N[C@@H](C)C(=O)N(O)CCC(=O)N[C@@H](C)C(=O)N(O)CCC(=O)OC)CC(=O)N[C@@H](C)C(=O)N(O)CCC(=O)N[C@@H](C)C(=O)N(O)CCC(=O)OC. The van der Waals surface area contributed by atoms with Crippen LogP contribution in [0.2, 0.25) is 0 Å². The summed E-state index contributed by atoms with van der Waals surface area (Å²) < 4.78 is 13.3. The van der Waals surface area contributed by atoms with Crippen molar-refractivity contribution in [3.05, 3.63) is 0 Å². The molecule has 0 aromatic rings. The molecule has 0 aliphatic carbocycles. The summed E-state index contributed by atoms with van der Waals surface area (Å²) in [4.78, 5) is 188. The van der Waals surface area contributed by atoms with Gasteiger partial charge in [0.15, 0.2) is 0 Å². The topological polar surface area (TPSA) is 500 Å². The van der Waals surface area contributed by atoms with Gasteiger partial charge in [0.1, 0.15) is 36.3 Å². The summed E-state index contributed by atoms with van der Waals surface area (Å²) in [6, 6.07) is -8.67. The van der Waals surface area contributed by atoms with Crippen LogP contribution < -0.4 is 31.9 Å². The van der Waals surface area contributed by atoms with Crippen molar-refractivity contribution in [3.8, 4) is 0 Å². The van der Waals surface area contributed by atoms with E-state index in [4.69, 9.17) is 0 Å². The molecule has 0 radical (unpaired) electrons. The van der Waals surface area contributed by atoms with Gasteiger partial charge in [-0.2, -0.15) is 0 Å². The third kappa shape index (κ3) is 28.8. The number of rotatable bonds is 36. The van der Waals surface area contributed by atoms with Gasteiger partial charge in [-0.15, -0.1) is 0 Å². The van der Waals surface area contributed by atoms with Gasteiger partial charge >= 0.3 is 17.9 Å². The Morgan fingerprint density at radius 3 is 0.622 bits per heavy atom. The molecule has 0 heterocycles. The minimum Gasteiger partial charge on any atom is -0.469 e. The number of hydrogen-bond acceptors (Lipinski definition) is 25. The minimum absolute atomic E-state index is 0.0564. The monoisotopic (exact) mass is 1180 g/mol. The van der Waals surface area contributed by atoms with Crippen molar-refractivity contribution in [1.29, 1.82) is 0 Å². The molecule has 0 aromatic carbocycles. The molecule has 0 rings (SSSR count). The second-order valence-corrected chi connectivity index (χ2v) is 17.9. The molecule has 0 aromatic heterocycles. The van der Waals surface area contributed by atoms with Crippen LogP contribution in [0, 0.1) is 0 Å². The van der Waals surface area contributed by atoms with Crippen LogP contribution >= 0.6 is 0 Å². The average Bonchev–Trinajstić information content (AvgIpc) is 3.44. The van der Waals surface area contributed by atoms with Crippen LogP contribution in [-0.4, -0.2) is 272 Å². The molecule has 82 heavy (non-hydrogen) atoms. The van der Waals surface area contributed by atoms with Gasteiger partial charge in [-0.1, -0.05) is 0 Å². The summed E-state index contributed by atoms with van der Waals surface area (Å²) in [7, 11) is 3.28. The molecule has 37 nitrogen and oxygen atoms in total. The van der Waals surface area contributed by atoms with E-state index in [2.05, 4.69) is 46.1 Å². The Kier molecular flexibility index (Phi) is 33.9. The number of esters is 3. The van der Waals surface area contributed by atoms with Crippen molar-refractivity contribution in [3.63, 3.8) is 0 Å². The van der Waals surface area contributed by atoms with Crippen LogP contribution in [0.4, 0.5) is 0 Å². The van der Waals surface area contributed by atoms with E-state index in [-0.39, 0.29) is 49.6 Å². The second kappa shape index (κ2) is 37.7. The Morgan fingerprint density at radius 2 is 0.451 bits per heavy atom. The summed E-state index contributed by atoms with van der Waals surface area (Å²) in [5, 5.41) is 74.9. The first-order valence-electron chi connectivity index (χ1n) is 24.9. The Balaban J connectivity index is 5.91. The van der Waals surface area contributed by atoms with E-state index < -0.39 is 203 Å². The summed E-state index contributed by atoms with van der Waals surface area (Å²) in [6.07, 6.45) is -2.89. The van der Waals surface area contributed by atoms with E-state index in [1.54, 1.807) is 0 Å². The van der Waals surface area contributed by atoms with E-state index in [1.165, 1.54) is 20.8 Å². The number of carbonyl (C=O) groups is 15. The number of methoxy groups -OCH3 is 3. The van der Waals surface area contributed by atoms with E-state index in [9.17, 15) is 103 Å². The lowest BCUT2D eigenvalue weighted by Crippen LogP contribution is -2.54. The zero-order chi connectivity index (χ0) is 63.1. The van der Waals surface area contributed by atoms with Crippen LogP contribution in [-0.2, 0) is 86.1 Å². The van der Waals surface area contributed by atoms with Crippen molar-refractivity contribution in [2.75, 3.05) is 80.2 Å². The van der Waals surface area contributed by atoms with E-state index in [1.807, 2.05) is 0 Å². The predicted octanol–water partition coefficient (Wildman–Crippen LogP) is -6.52. The van der Waals surface area contributed by atoms with Crippen molar-refractivity contribution < 1.29 is 117 Å². The van der Waals surface area contributed by atoms with Gasteiger partial charge in [0.25, 0.3) is 35.4 Å². The number of nitrogens with one attached hydrogen (secondary N) is 6. The molecule has 0 saturated heterocycles. The maximum Gasteiger partial charge on any atom is 0.307 e. The molecule has 0 fully saturated rings. The summed E-state index contributed by atoms with van der Waals surface area (Å²) in [6.45, 7) is 0.746. The molecule has 464 valence electrons. The highest BCUT2D eigenvalue weighted by Crippen LogP contribution is 2.04. The highest BCUT2D eigenvalue weighted by molar-refractivity contribution is 5.93. The first-order chi connectivity index (χ1) is 38.2. The molecule has 12 N–H and O–H groups in total. The highest BCUT2D eigenvalue weighted by Gasteiger charge is 2.30. The Bertz CT molecular complexity index is 2030. The van der Waals surface area contributed by atoms with E-state index in [0.717, 1.165) is 47.0 Å². The third-order valence-electron chi connectivity index (χ3n) is 11.0. The zero-order valence-electron chi connectivity index (χ0n) is 46.7. The van der Waals surface area contributed by atoms with Crippen LogP contribution in [0.3, 0.4) is 0 Å². The van der Waals surface area contributed by atoms with Gasteiger partial charge in [-0.25, -0.2) is 30.4 Å². The first-order valence-corrected chi connectivity index (χ1v) is 24.9. The van der Waals surface area contributed by atoms with E-state index >= 15 is 0 Å². The van der Waals surface area contributed by atoms with Crippen LogP contribution in [0.1, 0.15) is 80.1 Å². The fraction of sp³-hybridized carbons (Fsp3) is 0.667. The van der Waals surface area contributed by atoms with Crippen molar-refractivity contribution in [2.45, 2.75) is 116 Å². The standard InChI is InChI=1S/C45H75N13O24/c1-25(40(68)56(77)19-13-37(65)80-7)46-31(59)10-16-53(74)43(71)28(4)49-34(62)22-52(23-35(63)50-29(5)44(72)54(75)17-11-32(60)47-26(2)41(69)57(78)20-14-38(66)81-8)24-36(64)51-30(6)45(73)55(76)18-12-33(61)48-27(3)42(70)58(79)21-15-39(67)82-9/h25-30,74-79H,10-24H2,1-9H3,(H,46,59)(H,47,60)(H,48,61)(H,49,62)(H,50,63)(H,51,64)/t25-,26-,27-,28-,29-,30-/m0/s1. The Morgan fingerprint density at radius 1 is 0.293 bits per heavy atom. The van der Waals surface area contributed by atoms with Gasteiger partial charge < -0.3 is 46.1 Å². The molecule has 37 heteroatoms. The second-order valence-electron chi connectivity index (χ2n) is 17.9. The maximum absolute atomic E-state index is 13.3. The number of ether oxygens (including phenoxy) is 3. The van der Waals surface area contributed by atoms with Crippen LogP contribution in [0.15, 0.2) is 0 Å². The summed E-state index contributed by atoms with van der Waals surface area (Å²) in [5.74, 6) is -14.7. The van der Waals surface area contributed by atoms with Crippen LogP contribution in [0.5, 0.6) is 0 Å². The number of hydrogen-bond donors (Lipinski definition) is 12. The molecular formula is C45H75N13O24. The third-order valence-corrected chi connectivity index (χ3v) is 11.0. The highest BCUT2D eigenvalue weighted by atomic mass is 16.5. The lowest BCUT2D eigenvalue weighted by Gasteiger charge is -2.26. The molecule has 0 aliphatic heterocycles. The first kappa shape index (κ1) is 73.8. The molecular weight excluding hydrogens is 1110 g/mol. The quantitative estimate of drug-likeness (QED) is 0.0120. The molecule has 0 spiro atoms. The molecule has 0 aliphatic rings. The van der Waals surface area contributed by atoms with Crippen molar-refractivity contribution in [2.24, 2.45) is 0 Å². The fourth-order valence-electron chi connectivity index (χ4n) is 6.47. The minimum atomic E-state index is -1.56. The number of carbonyl (C=O) groups excluding carboxylic acids is 15. The molecule has 6 atom stereocenters. The largest absolute Gasteiger partial charge is 0.469 e. The lowest BCUT2D eigenvalue weighted by molar-refractivity contribution is -0.171. The molecule has 12 amide bonds. The number of hydroxylamine groups is 12. The lowest BCUT2D eigenvalue weighted by atomic mass is 10.2. The van der Waals surface area contributed by atoms with Gasteiger partial charge in [0.2, 0.25) is 35.4 Å². The molecule has 0 bridgehead atoms. The normalized spacial score (nSPS) is 12.9. The Hall–Kier alpha value is -8.23. The van der Waals surface area contributed by atoms with E-state index in [0.29, 0.717) is 0 Å². The Labute approximate surface area is 469 Å². The maximum atomic E-state index is 13.3.